The lowest BCUT2D eigenvalue weighted by Crippen LogP contribution is -2.29. The standard InChI is InChI=1S/C50H48Br2O8S/c1-47(2,35-13-21-41(22-14-35)59-45(53)49(5,6)51)33-9-17-37(18-10-33)57-39-25-29-43(30-26-39)61(55,56)44-31-27-40(28-32-44)58-38-19-11-34(12-20-38)48(3,4)36-15-23-42(24-16-36)60-46(54)50(7,8)52/h9-32H,1-8H3. The van der Waals surface area contributed by atoms with Gasteiger partial charge in [-0.2, -0.15) is 0 Å². The summed E-state index contributed by atoms with van der Waals surface area (Å²) < 4.78 is 48.6. The van der Waals surface area contributed by atoms with Crippen LogP contribution < -0.4 is 18.9 Å². The number of rotatable bonds is 14. The van der Waals surface area contributed by atoms with E-state index in [1.807, 2.05) is 72.8 Å². The molecule has 0 radical (unpaired) electrons. The van der Waals surface area contributed by atoms with Gasteiger partial charge >= 0.3 is 11.9 Å². The van der Waals surface area contributed by atoms with Crippen LogP contribution in [0.2, 0.25) is 0 Å². The highest BCUT2D eigenvalue weighted by atomic mass is 79.9. The molecule has 0 N–H and O–H groups in total. The van der Waals surface area contributed by atoms with Gasteiger partial charge in [-0.15, -0.1) is 0 Å². The molecule has 0 bridgehead atoms. The van der Waals surface area contributed by atoms with Crippen LogP contribution in [-0.2, 0) is 30.3 Å². The lowest BCUT2D eigenvalue weighted by Gasteiger charge is -2.26. The van der Waals surface area contributed by atoms with Gasteiger partial charge in [0.1, 0.15) is 43.1 Å². The number of ether oxygens (including phenoxy) is 4. The second kappa shape index (κ2) is 17.6. The molecule has 6 rings (SSSR count). The third-order valence-corrected chi connectivity index (χ3v) is 12.9. The van der Waals surface area contributed by atoms with Gasteiger partial charge in [-0.3, -0.25) is 9.59 Å². The van der Waals surface area contributed by atoms with Crippen molar-refractivity contribution in [2.24, 2.45) is 0 Å². The summed E-state index contributed by atoms with van der Waals surface area (Å²) in [4.78, 5) is 24.8. The molecule has 0 heterocycles. The molecule has 0 aliphatic rings. The number of alkyl halides is 2. The fraction of sp³-hybridized carbons (Fsp3) is 0.240. The lowest BCUT2D eigenvalue weighted by atomic mass is 9.78. The van der Waals surface area contributed by atoms with Crippen LogP contribution in [0.15, 0.2) is 155 Å². The summed E-state index contributed by atoms with van der Waals surface area (Å²) >= 11 is 6.66. The van der Waals surface area contributed by atoms with Crippen molar-refractivity contribution in [3.05, 3.63) is 168 Å². The van der Waals surface area contributed by atoms with E-state index in [4.69, 9.17) is 18.9 Å². The zero-order valence-corrected chi connectivity index (χ0v) is 39.3. The smallest absolute Gasteiger partial charge is 0.327 e. The van der Waals surface area contributed by atoms with Crippen molar-refractivity contribution in [1.82, 2.24) is 0 Å². The first-order valence-electron chi connectivity index (χ1n) is 19.6. The third kappa shape index (κ3) is 10.8. The van der Waals surface area contributed by atoms with Gasteiger partial charge in [-0.1, -0.05) is 108 Å². The van der Waals surface area contributed by atoms with E-state index in [-0.39, 0.29) is 32.6 Å². The van der Waals surface area contributed by atoms with Crippen molar-refractivity contribution in [3.63, 3.8) is 0 Å². The predicted octanol–water partition coefficient (Wildman–Crippen LogP) is 12.9. The van der Waals surface area contributed by atoms with Crippen LogP contribution in [0.4, 0.5) is 0 Å². The number of esters is 2. The second-order valence-electron chi connectivity index (χ2n) is 16.7. The average Bonchev–Trinajstić information content (AvgIpc) is 3.21. The van der Waals surface area contributed by atoms with Crippen LogP contribution in [-0.4, -0.2) is 29.0 Å². The number of carbonyl (C=O) groups is 2. The van der Waals surface area contributed by atoms with Crippen LogP contribution in [0, 0.1) is 0 Å². The normalized spacial score (nSPS) is 12.4. The zero-order valence-electron chi connectivity index (χ0n) is 35.3. The van der Waals surface area contributed by atoms with Crippen molar-refractivity contribution in [2.45, 2.75) is 84.7 Å². The second-order valence-corrected chi connectivity index (χ2v) is 22.6. The quantitative estimate of drug-likeness (QED) is 0.0604. The van der Waals surface area contributed by atoms with E-state index in [2.05, 4.69) is 59.6 Å². The summed E-state index contributed by atoms with van der Waals surface area (Å²) in [5, 5.41) is 0. The highest BCUT2D eigenvalue weighted by molar-refractivity contribution is 9.10. The fourth-order valence-corrected chi connectivity index (χ4v) is 7.75. The van der Waals surface area contributed by atoms with Crippen molar-refractivity contribution >= 4 is 53.6 Å². The molecule has 0 amide bonds. The Labute approximate surface area is 375 Å². The van der Waals surface area contributed by atoms with Crippen LogP contribution in [0.3, 0.4) is 0 Å². The van der Waals surface area contributed by atoms with Crippen molar-refractivity contribution < 1.29 is 37.0 Å². The molecule has 0 spiro atoms. The molecular weight excluding hydrogens is 920 g/mol. The van der Waals surface area contributed by atoms with Crippen molar-refractivity contribution in [2.75, 3.05) is 0 Å². The van der Waals surface area contributed by atoms with Crippen molar-refractivity contribution in [1.29, 1.82) is 0 Å². The van der Waals surface area contributed by atoms with Crippen LogP contribution >= 0.6 is 31.9 Å². The Morgan fingerprint density at radius 1 is 0.377 bits per heavy atom. The predicted molar refractivity (Wildman–Crippen MR) is 246 cm³/mol. The monoisotopic (exact) mass is 966 g/mol. The molecule has 0 atom stereocenters. The molecule has 316 valence electrons. The fourth-order valence-electron chi connectivity index (χ4n) is 6.33. The number of sulfone groups is 1. The Morgan fingerprint density at radius 3 is 0.820 bits per heavy atom. The maximum atomic E-state index is 13.6. The minimum Gasteiger partial charge on any atom is -0.457 e. The number of carbonyl (C=O) groups excluding carboxylic acids is 2. The number of hydrogen-bond donors (Lipinski definition) is 0. The van der Waals surface area contributed by atoms with Crippen LogP contribution in [0.5, 0.6) is 34.5 Å². The van der Waals surface area contributed by atoms with E-state index < -0.39 is 18.5 Å². The third-order valence-electron chi connectivity index (χ3n) is 10.4. The summed E-state index contributed by atoms with van der Waals surface area (Å²) in [7, 11) is -3.81. The molecule has 0 aromatic heterocycles. The molecule has 0 aliphatic heterocycles. The highest BCUT2D eigenvalue weighted by Crippen LogP contribution is 2.37. The first-order chi connectivity index (χ1) is 28.5. The van der Waals surface area contributed by atoms with Crippen LogP contribution in [0.25, 0.3) is 0 Å². The summed E-state index contributed by atoms with van der Waals surface area (Å²) in [5.74, 6) is 2.42. The molecule has 0 aliphatic carbocycles. The summed E-state index contributed by atoms with van der Waals surface area (Å²) in [5.41, 5.74) is 3.52. The Bertz CT molecular complexity index is 2410. The minimum absolute atomic E-state index is 0.138. The van der Waals surface area contributed by atoms with E-state index in [1.165, 1.54) is 24.3 Å². The van der Waals surface area contributed by atoms with E-state index in [0.29, 0.717) is 34.5 Å². The zero-order chi connectivity index (χ0) is 44.4. The van der Waals surface area contributed by atoms with Gasteiger partial charge in [-0.25, -0.2) is 8.42 Å². The number of hydrogen-bond acceptors (Lipinski definition) is 8. The molecule has 8 nitrogen and oxygen atoms in total. The number of benzene rings is 6. The van der Waals surface area contributed by atoms with Gasteiger partial charge in [-0.05, 0) is 147 Å². The maximum absolute atomic E-state index is 13.6. The maximum Gasteiger partial charge on any atom is 0.327 e. The van der Waals surface area contributed by atoms with Crippen molar-refractivity contribution in [3.8, 4) is 34.5 Å². The van der Waals surface area contributed by atoms with Gasteiger partial charge in [0.05, 0.1) is 9.79 Å². The minimum atomic E-state index is -3.81. The molecule has 0 saturated heterocycles. The van der Waals surface area contributed by atoms with Gasteiger partial charge in [0.15, 0.2) is 0 Å². The summed E-state index contributed by atoms with van der Waals surface area (Å²) in [6.07, 6.45) is 0. The first kappa shape index (κ1) is 45.3. The first-order valence-corrected chi connectivity index (χ1v) is 22.7. The van der Waals surface area contributed by atoms with Gasteiger partial charge < -0.3 is 18.9 Å². The van der Waals surface area contributed by atoms with E-state index >= 15 is 0 Å². The summed E-state index contributed by atoms with van der Waals surface area (Å²) in [6.45, 7) is 15.4. The van der Waals surface area contributed by atoms with Gasteiger partial charge in [0.2, 0.25) is 9.84 Å². The van der Waals surface area contributed by atoms with Crippen LogP contribution in [0.1, 0.15) is 77.6 Å². The Kier molecular flexibility index (Phi) is 13.1. The van der Waals surface area contributed by atoms with E-state index in [1.54, 1.807) is 76.2 Å². The topological polar surface area (TPSA) is 105 Å². The van der Waals surface area contributed by atoms with Gasteiger partial charge in [0.25, 0.3) is 0 Å². The molecule has 61 heavy (non-hydrogen) atoms. The molecule has 0 fully saturated rings. The molecule has 11 heteroatoms. The highest BCUT2D eigenvalue weighted by Gasteiger charge is 2.29. The lowest BCUT2D eigenvalue weighted by molar-refractivity contribution is -0.136. The SMILES string of the molecule is CC(C)(Br)C(=O)Oc1ccc(C(C)(C)c2ccc(Oc3ccc(S(=O)(=O)c4ccc(Oc5ccc(C(C)(C)c6ccc(OC(=O)C(C)(C)Br)cc6)cc5)cc4)cc3)cc2)cc1. The molecule has 6 aromatic rings. The van der Waals surface area contributed by atoms with E-state index in [9.17, 15) is 18.0 Å². The molecular formula is C50H48Br2O8S. The number of halogens is 2. The van der Waals surface area contributed by atoms with E-state index in [0.717, 1.165) is 22.3 Å². The molecule has 6 aromatic carbocycles. The molecule has 0 unspecified atom stereocenters. The molecule has 0 saturated carbocycles. The summed E-state index contributed by atoms with van der Waals surface area (Å²) in [6, 6.07) is 43.1. The Balaban J connectivity index is 1.04. The Hall–Kier alpha value is -5.23. The average molecular weight is 969 g/mol. The Morgan fingerprint density at radius 2 is 0.590 bits per heavy atom. The van der Waals surface area contributed by atoms with Gasteiger partial charge in [0, 0.05) is 10.8 Å². The largest absolute Gasteiger partial charge is 0.457 e.